The van der Waals surface area contributed by atoms with E-state index in [0.29, 0.717) is 12.1 Å². The van der Waals surface area contributed by atoms with Crippen molar-refractivity contribution in [2.45, 2.75) is 18.9 Å². The summed E-state index contributed by atoms with van der Waals surface area (Å²) >= 11 is 0. The van der Waals surface area contributed by atoms with Crippen LogP contribution in [0.1, 0.15) is 23.2 Å². The van der Waals surface area contributed by atoms with Crippen molar-refractivity contribution in [3.8, 4) is 0 Å². The molecule has 1 fully saturated rings. The molecule has 3 rings (SSSR count). The van der Waals surface area contributed by atoms with Gasteiger partial charge in [-0.3, -0.25) is 20.6 Å². The van der Waals surface area contributed by atoms with Crippen molar-refractivity contribution < 1.29 is 4.79 Å². The summed E-state index contributed by atoms with van der Waals surface area (Å²) in [5.41, 5.74) is 2.12. The first-order chi connectivity index (χ1) is 9.72. The predicted octanol–water partition coefficient (Wildman–Crippen LogP) is 0.698. The molecule has 0 radical (unpaired) electrons. The van der Waals surface area contributed by atoms with E-state index in [1.54, 1.807) is 29.5 Å². The quantitative estimate of drug-likeness (QED) is 0.785. The molecule has 0 spiro atoms. The lowest BCUT2D eigenvalue weighted by Crippen LogP contribution is -2.50. The third-order valence-electron chi connectivity index (χ3n) is 3.52. The third kappa shape index (κ3) is 2.76. The minimum atomic E-state index is -0.0853. The normalized spacial score (nSPS) is 19.9. The van der Waals surface area contributed by atoms with Crippen LogP contribution in [0.15, 0.2) is 30.6 Å². The average Bonchev–Trinajstić information content (AvgIpc) is 2.47. The van der Waals surface area contributed by atoms with Crippen LogP contribution in [-0.2, 0) is 0 Å². The summed E-state index contributed by atoms with van der Waals surface area (Å²) in [5, 5.41) is 4.77. The van der Waals surface area contributed by atoms with Gasteiger partial charge >= 0.3 is 0 Å². The van der Waals surface area contributed by atoms with Gasteiger partial charge in [-0.2, -0.15) is 0 Å². The zero-order valence-electron chi connectivity index (χ0n) is 11.1. The van der Waals surface area contributed by atoms with E-state index in [9.17, 15) is 4.79 Å². The highest BCUT2D eigenvalue weighted by atomic mass is 16.1. The highest BCUT2D eigenvalue weighted by Crippen LogP contribution is 2.12. The molecule has 104 valence electrons. The molecule has 0 aliphatic carbocycles. The highest BCUT2D eigenvalue weighted by molar-refractivity contribution is 5.97. The summed E-state index contributed by atoms with van der Waals surface area (Å²) in [5.74, 6) is 5.69. The number of fused-ring (bicyclic) bond motifs is 1. The van der Waals surface area contributed by atoms with E-state index in [2.05, 4.69) is 15.3 Å². The Kier molecular flexibility index (Phi) is 3.58. The summed E-state index contributed by atoms with van der Waals surface area (Å²) in [4.78, 5) is 20.6. The second kappa shape index (κ2) is 5.52. The fourth-order valence-corrected chi connectivity index (χ4v) is 2.50. The summed E-state index contributed by atoms with van der Waals surface area (Å²) in [6.07, 6.45) is 5.23. The molecule has 6 nitrogen and oxygen atoms in total. The molecular weight excluding hydrogens is 254 g/mol. The molecule has 1 aromatic heterocycles. The number of benzene rings is 1. The first kappa shape index (κ1) is 13.0. The van der Waals surface area contributed by atoms with Crippen molar-refractivity contribution in [1.29, 1.82) is 0 Å². The van der Waals surface area contributed by atoms with Gasteiger partial charge in [0.1, 0.15) is 0 Å². The number of aromatic nitrogens is 2. The zero-order chi connectivity index (χ0) is 13.9. The van der Waals surface area contributed by atoms with Gasteiger partial charge < -0.3 is 5.32 Å². The molecular formula is C14H17N5O. The first-order valence-electron chi connectivity index (χ1n) is 6.73. The molecule has 3 N–H and O–H groups in total. The van der Waals surface area contributed by atoms with Crippen LogP contribution in [0, 0.1) is 0 Å². The van der Waals surface area contributed by atoms with Gasteiger partial charge in [0.2, 0.25) is 0 Å². The Morgan fingerprint density at radius 2 is 2.10 bits per heavy atom. The number of piperidine rings is 1. The van der Waals surface area contributed by atoms with Gasteiger partial charge in [0.15, 0.2) is 0 Å². The molecule has 2 aromatic rings. The lowest BCUT2D eigenvalue weighted by molar-refractivity contribution is 0.0904. The molecule has 0 unspecified atom stereocenters. The minimum absolute atomic E-state index is 0.0853. The monoisotopic (exact) mass is 271 g/mol. The summed E-state index contributed by atoms with van der Waals surface area (Å²) in [7, 11) is 0. The molecule has 1 amide bonds. The van der Waals surface area contributed by atoms with E-state index in [1.807, 2.05) is 6.07 Å². The van der Waals surface area contributed by atoms with E-state index >= 15 is 0 Å². The summed E-state index contributed by atoms with van der Waals surface area (Å²) in [6.45, 7) is 1.58. The van der Waals surface area contributed by atoms with Gasteiger partial charge in [-0.25, -0.2) is 5.01 Å². The van der Waals surface area contributed by atoms with Gasteiger partial charge in [-0.15, -0.1) is 0 Å². The lowest BCUT2D eigenvalue weighted by Gasteiger charge is -2.29. The predicted molar refractivity (Wildman–Crippen MR) is 75.8 cm³/mol. The molecule has 1 aliphatic rings. The van der Waals surface area contributed by atoms with E-state index in [0.717, 1.165) is 30.4 Å². The van der Waals surface area contributed by atoms with Crippen molar-refractivity contribution in [1.82, 2.24) is 20.3 Å². The number of nitrogens with one attached hydrogen (secondary N) is 1. The smallest absolute Gasteiger partial charge is 0.251 e. The van der Waals surface area contributed by atoms with Crippen molar-refractivity contribution in [3.63, 3.8) is 0 Å². The van der Waals surface area contributed by atoms with E-state index in [-0.39, 0.29) is 11.9 Å². The molecule has 20 heavy (non-hydrogen) atoms. The number of hydrogen-bond acceptors (Lipinski definition) is 5. The molecule has 2 heterocycles. The van der Waals surface area contributed by atoms with Gasteiger partial charge in [-0.1, -0.05) is 0 Å². The fourth-order valence-electron chi connectivity index (χ4n) is 2.50. The standard InChI is InChI=1S/C14H17N5O/c15-19-7-1-2-11(9-19)18-14(20)10-3-4-12-13(8-10)17-6-5-16-12/h3-6,8,11H,1-2,7,9,15H2,(H,18,20)/t11-/m1/s1. The Morgan fingerprint density at radius 1 is 1.30 bits per heavy atom. The van der Waals surface area contributed by atoms with Gasteiger partial charge in [0, 0.05) is 37.1 Å². The molecule has 1 aliphatic heterocycles. The van der Waals surface area contributed by atoms with Crippen molar-refractivity contribution >= 4 is 16.9 Å². The molecule has 1 aromatic carbocycles. The Bertz CT molecular complexity index is 630. The van der Waals surface area contributed by atoms with Crippen LogP contribution in [0.2, 0.25) is 0 Å². The maximum Gasteiger partial charge on any atom is 0.251 e. The van der Waals surface area contributed by atoms with Crippen molar-refractivity contribution in [3.05, 3.63) is 36.2 Å². The van der Waals surface area contributed by atoms with Crippen LogP contribution in [-0.4, -0.2) is 40.0 Å². The van der Waals surface area contributed by atoms with E-state index < -0.39 is 0 Å². The van der Waals surface area contributed by atoms with Crippen LogP contribution in [0.25, 0.3) is 11.0 Å². The van der Waals surface area contributed by atoms with Crippen LogP contribution in [0.5, 0.6) is 0 Å². The number of amides is 1. The maximum atomic E-state index is 12.2. The Balaban J connectivity index is 1.75. The van der Waals surface area contributed by atoms with Crippen molar-refractivity contribution in [2.24, 2.45) is 5.84 Å². The second-order valence-electron chi connectivity index (χ2n) is 5.07. The van der Waals surface area contributed by atoms with Crippen LogP contribution in [0.4, 0.5) is 0 Å². The largest absolute Gasteiger partial charge is 0.348 e. The van der Waals surface area contributed by atoms with E-state index in [4.69, 9.17) is 5.84 Å². The molecule has 1 saturated heterocycles. The maximum absolute atomic E-state index is 12.2. The number of carbonyl (C=O) groups is 1. The van der Waals surface area contributed by atoms with Crippen LogP contribution in [0.3, 0.4) is 0 Å². The second-order valence-corrected chi connectivity index (χ2v) is 5.07. The van der Waals surface area contributed by atoms with Crippen LogP contribution >= 0.6 is 0 Å². The Hall–Kier alpha value is -2.05. The number of nitrogens with two attached hydrogens (primary N) is 1. The fraction of sp³-hybridized carbons (Fsp3) is 0.357. The SMILES string of the molecule is NN1CCC[C@@H](NC(=O)c2ccc3nccnc3c2)C1. The highest BCUT2D eigenvalue weighted by Gasteiger charge is 2.20. The Labute approximate surface area is 117 Å². The molecule has 6 heteroatoms. The topological polar surface area (TPSA) is 84.1 Å². The van der Waals surface area contributed by atoms with Gasteiger partial charge in [-0.05, 0) is 31.0 Å². The van der Waals surface area contributed by atoms with E-state index in [1.165, 1.54) is 0 Å². The number of hydrazine groups is 1. The zero-order valence-corrected chi connectivity index (χ0v) is 11.1. The lowest BCUT2D eigenvalue weighted by atomic mass is 10.1. The number of hydrogen-bond donors (Lipinski definition) is 2. The number of rotatable bonds is 2. The van der Waals surface area contributed by atoms with Gasteiger partial charge in [0.05, 0.1) is 11.0 Å². The van der Waals surface area contributed by atoms with Crippen molar-refractivity contribution in [2.75, 3.05) is 13.1 Å². The number of carbonyl (C=O) groups excluding carboxylic acids is 1. The molecule has 0 saturated carbocycles. The minimum Gasteiger partial charge on any atom is -0.348 e. The molecule has 1 atom stereocenters. The van der Waals surface area contributed by atoms with Crippen LogP contribution < -0.4 is 11.2 Å². The first-order valence-corrected chi connectivity index (χ1v) is 6.73. The number of nitrogens with zero attached hydrogens (tertiary/aromatic N) is 3. The average molecular weight is 271 g/mol. The molecule has 0 bridgehead atoms. The van der Waals surface area contributed by atoms with Gasteiger partial charge in [0.25, 0.3) is 5.91 Å². The summed E-state index contributed by atoms with van der Waals surface area (Å²) in [6, 6.07) is 5.46. The summed E-state index contributed by atoms with van der Waals surface area (Å²) < 4.78 is 0. The Morgan fingerprint density at radius 3 is 2.90 bits per heavy atom. The third-order valence-corrected chi connectivity index (χ3v) is 3.52.